The van der Waals surface area contributed by atoms with Gasteiger partial charge in [0.05, 0.1) is 0 Å². The molecule has 2 aromatic rings. The molecule has 20 heavy (non-hydrogen) atoms. The Morgan fingerprint density at radius 1 is 1.10 bits per heavy atom. The van der Waals surface area contributed by atoms with Crippen LogP contribution in [0, 0.1) is 13.8 Å². The van der Waals surface area contributed by atoms with Crippen molar-refractivity contribution in [2.24, 2.45) is 5.84 Å². The minimum absolute atomic E-state index is 0.375. The van der Waals surface area contributed by atoms with Crippen LogP contribution in [-0.2, 0) is 4.79 Å². The summed E-state index contributed by atoms with van der Waals surface area (Å²) in [7, 11) is 0. The zero-order chi connectivity index (χ0) is 14.5. The van der Waals surface area contributed by atoms with Crippen molar-refractivity contribution in [3.63, 3.8) is 0 Å². The smallest absolute Gasteiger partial charge is 0.279 e. The molecule has 1 unspecified atom stereocenters. The second-order valence-corrected chi connectivity index (χ2v) is 4.68. The highest BCUT2D eigenvalue weighted by Crippen LogP contribution is 2.24. The monoisotopic (exact) mass is 270 g/mol. The van der Waals surface area contributed by atoms with Crippen LogP contribution in [0.4, 0.5) is 0 Å². The van der Waals surface area contributed by atoms with Gasteiger partial charge in [-0.2, -0.15) is 0 Å². The lowest BCUT2D eigenvalue weighted by molar-refractivity contribution is -0.128. The van der Waals surface area contributed by atoms with Crippen LogP contribution >= 0.6 is 0 Å². The molecule has 0 bridgehead atoms. The number of nitrogens with one attached hydrogen (secondary N) is 1. The number of hydrogen-bond donors (Lipinski definition) is 2. The van der Waals surface area contributed by atoms with Crippen molar-refractivity contribution in [2.45, 2.75) is 20.0 Å². The minimum Gasteiger partial charge on any atom is -0.476 e. The van der Waals surface area contributed by atoms with Crippen LogP contribution < -0.4 is 16.0 Å². The number of ether oxygens (including phenoxy) is 1. The highest BCUT2D eigenvalue weighted by molar-refractivity contribution is 5.82. The van der Waals surface area contributed by atoms with Gasteiger partial charge in [0.25, 0.3) is 5.91 Å². The molecule has 104 valence electrons. The number of amides is 1. The molecule has 0 fully saturated rings. The molecule has 0 heterocycles. The first kappa shape index (κ1) is 14.1. The maximum Gasteiger partial charge on any atom is 0.279 e. The van der Waals surface area contributed by atoms with E-state index in [9.17, 15) is 4.79 Å². The molecule has 3 N–H and O–H groups in total. The Morgan fingerprint density at radius 2 is 1.75 bits per heavy atom. The summed E-state index contributed by atoms with van der Waals surface area (Å²) in [6.45, 7) is 3.93. The summed E-state index contributed by atoms with van der Waals surface area (Å²) in [5.41, 5.74) is 5.07. The second-order valence-electron chi connectivity index (χ2n) is 4.68. The molecule has 2 rings (SSSR count). The maximum absolute atomic E-state index is 12.0. The van der Waals surface area contributed by atoms with E-state index in [-0.39, 0.29) is 5.91 Å². The number of aryl methyl sites for hydroxylation is 2. The number of nitrogens with two attached hydrogens (primary N) is 1. The van der Waals surface area contributed by atoms with Crippen LogP contribution in [0.3, 0.4) is 0 Å². The number of carbonyl (C=O) groups is 1. The molecule has 0 saturated heterocycles. The van der Waals surface area contributed by atoms with Gasteiger partial charge < -0.3 is 4.74 Å². The molecule has 0 aliphatic rings. The topological polar surface area (TPSA) is 64.3 Å². The zero-order valence-electron chi connectivity index (χ0n) is 11.6. The van der Waals surface area contributed by atoms with Crippen molar-refractivity contribution in [2.75, 3.05) is 0 Å². The van der Waals surface area contributed by atoms with E-state index in [4.69, 9.17) is 10.6 Å². The largest absolute Gasteiger partial charge is 0.476 e. The molecule has 0 aliphatic carbocycles. The normalized spacial score (nSPS) is 11.8. The van der Waals surface area contributed by atoms with Crippen molar-refractivity contribution in [1.29, 1.82) is 0 Å². The fraction of sp³-hybridized carbons (Fsp3) is 0.188. The highest BCUT2D eigenvalue weighted by atomic mass is 16.5. The van der Waals surface area contributed by atoms with Gasteiger partial charge in [-0.25, -0.2) is 5.84 Å². The van der Waals surface area contributed by atoms with Crippen molar-refractivity contribution in [3.05, 3.63) is 65.2 Å². The average molecular weight is 270 g/mol. The lowest BCUT2D eigenvalue weighted by atomic mass is 10.0. The van der Waals surface area contributed by atoms with Gasteiger partial charge in [0.1, 0.15) is 5.75 Å². The average Bonchev–Trinajstić information content (AvgIpc) is 2.47. The van der Waals surface area contributed by atoms with Gasteiger partial charge in [-0.1, -0.05) is 42.0 Å². The Balaban J connectivity index is 2.31. The van der Waals surface area contributed by atoms with Gasteiger partial charge in [-0.05, 0) is 31.5 Å². The van der Waals surface area contributed by atoms with E-state index in [0.717, 1.165) is 16.7 Å². The summed E-state index contributed by atoms with van der Waals surface area (Å²) in [6, 6.07) is 15.1. The number of rotatable bonds is 4. The first-order chi connectivity index (χ1) is 9.61. The molecule has 1 amide bonds. The molecule has 0 aromatic heterocycles. The summed E-state index contributed by atoms with van der Waals surface area (Å²) < 4.78 is 5.80. The van der Waals surface area contributed by atoms with Crippen molar-refractivity contribution in [1.82, 2.24) is 5.43 Å². The molecular weight excluding hydrogens is 252 g/mol. The Labute approximate surface area is 118 Å². The van der Waals surface area contributed by atoms with Crippen molar-refractivity contribution < 1.29 is 9.53 Å². The molecule has 4 nitrogen and oxygen atoms in total. The molecular formula is C16H18N2O2. The van der Waals surface area contributed by atoms with Gasteiger partial charge >= 0.3 is 0 Å². The summed E-state index contributed by atoms with van der Waals surface area (Å²) in [5, 5.41) is 0. The van der Waals surface area contributed by atoms with Crippen LogP contribution in [0.1, 0.15) is 22.8 Å². The lowest BCUT2D eigenvalue weighted by Crippen LogP contribution is -2.37. The van der Waals surface area contributed by atoms with E-state index in [1.807, 2.05) is 62.4 Å². The molecule has 0 spiro atoms. The second kappa shape index (κ2) is 6.21. The SMILES string of the molecule is Cc1ccc(OC(C(=O)NN)c2ccccc2C)cc1. The molecule has 0 radical (unpaired) electrons. The standard InChI is InChI=1S/C16H18N2O2/c1-11-7-9-13(10-8-11)20-15(16(19)18-17)14-6-4-3-5-12(14)2/h3-10,15H,17H2,1-2H3,(H,18,19). The molecule has 1 atom stereocenters. The third-order valence-corrected chi connectivity index (χ3v) is 3.13. The fourth-order valence-corrected chi connectivity index (χ4v) is 1.97. The highest BCUT2D eigenvalue weighted by Gasteiger charge is 2.23. The molecule has 0 aliphatic heterocycles. The summed E-state index contributed by atoms with van der Waals surface area (Å²) in [5.74, 6) is 5.52. The minimum atomic E-state index is -0.760. The maximum atomic E-state index is 12.0. The number of hydrazine groups is 1. The van der Waals surface area contributed by atoms with Crippen LogP contribution in [0.25, 0.3) is 0 Å². The summed E-state index contributed by atoms with van der Waals surface area (Å²) in [4.78, 5) is 12.0. The Morgan fingerprint density at radius 3 is 2.35 bits per heavy atom. The van der Waals surface area contributed by atoms with Crippen LogP contribution in [0.2, 0.25) is 0 Å². The third kappa shape index (κ3) is 3.16. The van der Waals surface area contributed by atoms with Gasteiger partial charge in [0.15, 0.2) is 0 Å². The van der Waals surface area contributed by atoms with E-state index < -0.39 is 6.10 Å². The van der Waals surface area contributed by atoms with Crippen LogP contribution in [0.15, 0.2) is 48.5 Å². The van der Waals surface area contributed by atoms with E-state index in [2.05, 4.69) is 5.43 Å². The van der Waals surface area contributed by atoms with Gasteiger partial charge in [0, 0.05) is 5.56 Å². The van der Waals surface area contributed by atoms with Crippen molar-refractivity contribution >= 4 is 5.91 Å². The number of hydrogen-bond acceptors (Lipinski definition) is 3. The number of carbonyl (C=O) groups excluding carboxylic acids is 1. The van der Waals surface area contributed by atoms with E-state index in [1.54, 1.807) is 0 Å². The molecule has 4 heteroatoms. The quantitative estimate of drug-likeness (QED) is 0.509. The Bertz CT molecular complexity index is 594. The fourth-order valence-electron chi connectivity index (χ4n) is 1.97. The molecule has 2 aromatic carbocycles. The van der Waals surface area contributed by atoms with Gasteiger partial charge in [0.2, 0.25) is 6.10 Å². The lowest BCUT2D eigenvalue weighted by Gasteiger charge is -2.19. The number of benzene rings is 2. The first-order valence-electron chi connectivity index (χ1n) is 6.41. The zero-order valence-corrected chi connectivity index (χ0v) is 11.6. The van der Waals surface area contributed by atoms with Gasteiger partial charge in [-0.15, -0.1) is 0 Å². The summed E-state index contributed by atoms with van der Waals surface area (Å²) >= 11 is 0. The first-order valence-corrected chi connectivity index (χ1v) is 6.41. The summed E-state index contributed by atoms with van der Waals surface area (Å²) in [6.07, 6.45) is -0.760. The predicted molar refractivity (Wildman–Crippen MR) is 78.1 cm³/mol. The van der Waals surface area contributed by atoms with E-state index >= 15 is 0 Å². The van der Waals surface area contributed by atoms with E-state index in [1.165, 1.54) is 0 Å². The van der Waals surface area contributed by atoms with Crippen LogP contribution in [0.5, 0.6) is 5.75 Å². The van der Waals surface area contributed by atoms with Crippen molar-refractivity contribution in [3.8, 4) is 5.75 Å². The predicted octanol–water partition coefficient (Wildman–Crippen LogP) is 2.41. The van der Waals surface area contributed by atoms with Gasteiger partial charge in [-0.3, -0.25) is 10.2 Å². The Kier molecular flexibility index (Phi) is 4.38. The van der Waals surface area contributed by atoms with E-state index in [0.29, 0.717) is 5.75 Å². The van der Waals surface area contributed by atoms with Crippen LogP contribution in [-0.4, -0.2) is 5.91 Å². The third-order valence-electron chi connectivity index (χ3n) is 3.13. The Hall–Kier alpha value is -2.33. The molecule has 0 saturated carbocycles.